The molecule has 1 aliphatic rings. The van der Waals surface area contributed by atoms with Crippen molar-refractivity contribution in [3.8, 4) is 0 Å². The number of hydrogen-bond donors (Lipinski definition) is 1. The summed E-state index contributed by atoms with van der Waals surface area (Å²) in [6.45, 7) is 4.41. The van der Waals surface area contributed by atoms with Crippen LogP contribution in [0.4, 0.5) is 0 Å². The van der Waals surface area contributed by atoms with Crippen LogP contribution in [-0.2, 0) is 9.53 Å². The van der Waals surface area contributed by atoms with Crippen LogP contribution in [-0.4, -0.2) is 73.4 Å². The summed E-state index contributed by atoms with van der Waals surface area (Å²) in [6, 6.07) is -0.00754. The van der Waals surface area contributed by atoms with E-state index in [4.69, 9.17) is 9.84 Å². The number of likely N-dealkylation sites (tertiary alicyclic amines) is 1. The predicted molar refractivity (Wildman–Crippen MR) is 75.0 cm³/mol. The Kier molecular flexibility index (Phi) is 7.34. The molecule has 1 unspecified atom stereocenters. The fourth-order valence-corrected chi connectivity index (χ4v) is 2.53. The maximum absolute atomic E-state index is 12.3. The maximum atomic E-state index is 12.3. The summed E-state index contributed by atoms with van der Waals surface area (Å²) in [6.07, 6.45) is 3.59. The van der Waals surface area contributed by atoms with Crippen LogP contribution >= 0.6 is 0 Å². The SMILES string of the molecule is CCC(C(=O)N1CCC(OCCCO)CC1)N(C)C. The van der Waals surface area contributed by atoms with Crippen molar-refractivity contribution in [3.05, 3.63) is 0 Å². The zero-order valence-electron chi connectivity index (χ0n) is 12.5. The van der Waals surface area contributed by atoms with Crippen LogP contribution in [0.3, 0.4) is 0 Å². The summed E-state index contributed by atoms with van der Waals surface area (Å²) in [5.41, 5.74) is 0. The highest BCUT2D eigenvalue weighted by atomic mass is 16.5. The lowest BCUT2D eigenvalue weighted by Gasteiger charge is -2.35. The molecule has 5 nitrogen and oxygen atoms in total. The second-order valence-corrected chi connectivity index (χ2v) is 5.36. The quantitative estimate of drug-likeness (QED) is 0.694. The van der Waals surface area contributed by atoms with Crippen molar-refractivity contribution in [1.82, 2.24) is 9.80 Å². The van der Waals surface area contributed by atoms with Crippen LogP contribution < -0.4 is 0 Å². The van der Waals surface area contributed by atoms with E-state index in [0.29, 0.717) is 13.0 Å². The first kappa shape index (κ1) is 16.4. The molecule has 0 radical (unpaired) electrons. The molecule has 0 saturated carbocycles. The number of aliphatic hydroxyl groups is 1. The molecular formula is C14H28N2O3. The molecule has 0 aromatic rings. The van der Waals surface area contributed by atoms with Crippen LogP contribution in [0.2, 0.25) is 0 Å². The standard InChI is InChI=1S/C14H28N2O3/c1-4-13(15(2)3)14(18)16-8-6-12(7-9-16)19-11-5-10-17/h12-13,17H,4-11H2,1-3H3. The van der Waals surface area contributed by atoms with Crippen LogP contribution in [0.25, 0.3) is 0 Å². The Bertz CT molecular complexity index is 263. The molecule has 1 heterocycles. The molecule has 1 aliphatic heterocycles. The Labute approximate surface area is 116 Å². The number of piperidine rings is 1. The van der Waals surface area contributed by atoms with Gasteiger partial charge in [0.15, 0.2) is 0 Å². The number of likely N-dealkylation sites (N-methyl/N-ethyl adjacent to an activating group) is 1. The minimum atomic E-state index is -0.00754. The van der Waals surface area contributed by atoms with Crippen molar-refractivity contribution in [3.63, 3.8) is 0 Å². The number of amides is 1. The molecule has 0 spiro atoms. The fraction of sp³-hybridized carbons (Fsp3) is 0.929. The second kappa shape index (κ2) is 8.51. The summed E-state index contributed by atoms with van der Waals surface area (Å²) in [4.78, 5) is 16.3. The monoisotopic (exact) mass is 272 g/mol. The molecule has 5 heteroatoms. The number of ether oxygens (including phenoxy) is 1. The average Bonchev–Trinajstić information content (AvgIpc) is 2.40. The number of rotatable bonds is 7. The van der Waals surface area contributed by atoms with Gasteiger partial charge in [-0.05, 0) is 39.8 Å². The summed E-state index contributed by atoms with van der Waals surface area (Å²) < 4.78 is 5.68. The first-order valence-corrected chi connectivity index (χ1v) is 7.27. The normalized spacial score (nSPS) is 18.9. The lowest BCUT2D eigenvalue weighted by molar-refractivity contribution is -0.138. The van der Waals surface area contributed by atoms with E-state index in [1.165, 1.54) is 0 Å². The van der Waals surface area contributed by atoms with E-state index in [0.717, 1.165) is 32.4 Å². The third kappa shape index (κ3) is 5.09. The molecule has 0 aromatic heterocycles. The van der Waals surface area contributed by atoms with Gasteiger partial charge in [-0.25, -0.2) is 0 Å². The smallest absolute Gasteiger partial charge is 0.239 e. The lowest BCUT2D eigenvalue weighted by Crippen LogP contribution is -2.49. The Morgan fingerprint density at radius 1 is 1.42 bits per heavy atom. The highest BCUT2D eigenvalue weighted by molar-refractivity contribution is 5.81. The number of hydrogen-bond acceptors (Lipinski definition) is 4. The van der Waals surface area contributed by atoms with Gasteiger partial charge >= 0.3 is 0 Å². The minimum absolute atomic E-state index is 0.00754. The number of aliphatic hydroxyl groups excluding tert-OH is 1. The van der Waals surface area contributed by atoms with Crippen molar-refractivity contribution in [2.75, 3.05) is 40.4 Å². The van der Waals surface area contributed by atoms with Gasteiger partial charge in [0.1, 0.15) is 0 Å². The summed E-state index contributed by atoms with van der Waals surface area (Å²) >= 11 is 0. The molecule has 19 heavy (non-hydrogen) atoms. The number of carbonyl (C=O) groups excluding carboxylic acids is 1. The molecule has 1 N–H and O–H groups in total. The van der Waals surface area contributed by atoms with E-state index >= 15 is 0 Å². The van der Waals surface area contributed by atoms with Gasteiger partial charge in [-0.15, -0.1) is 0 Å². The van der Waals surface area contributed by atoms with E-state index in [1.807, 2.05) is 30.8 Å². The molecule has 112 valence electrons. The van der Waals surface area contributed by atoms with Crippen LogP contribution in [0.5, 0.6) is 0 Å². The summed E-state index contributed by atoms with van der Waals surface area (Å²) in [5.74, 6) is 0.237. The van der Waals surface area contributed by atoms with E-state index in [-0.39, 0.29) is 24.7 Å². The Morgan fingerprint density at radius 2 is 2.05 bits per heavy atom. The van der Waals surface area contributed by atoms with Gasteiger partial charge in [-0.3, -0.25) is 9.69 Å². The molecule has 0 aliphatic carbocycles. The molecule has 0 aromatic carbocycles. The molecule has 1 saturated heterocycles. The number of carbonyl (C=O) groups is 1. The maximum Gasteiger partial charge on any atom is 0.239 e. The Hall–Kier alpha value is -0.650. The second-order valence-electron chi connectivity index (χ2n) is 5.36. The highest BCUT2D eigenvalue weighted by Crippen LogP contribution is 2.16. The van der Waals surface area contributed by atoms with Gasteiger partial charge in [0, 0.05) is 26.3 Å². The van der Waals surface area contributed by atoms with E-state index in [9.17, 15) is 4.79 Å². The Balaban J connectivity index is 2.34. The zero-order chi connectivity index (χ0) is 14.3. The number of nitrogens with zero attached hydrogens (tertiary/aromatic N) is 2. The third-order valence-electron chi connectivity index (χ3n) is 3.70. The Morgan fingerprint density at radius 3 is 2.53 bits per heavy atom. The molecule has 1 rings (SSSR count). The van der Waals surface area contributed by atoms with E-state index < -0.39 is 0 Å². The lowest BCUT2D eigenvalue weighted by atomic mass is 10.1. The predicted octanol–water partition coefficient (Wildman–Crippen LogP) is 0.717. The van der Waals surface area contributed by atoms with E-state index in [2.05, 4.69) is 0 Å². The van der Waals surface area contributed by atoms with Gasteiger partial charge in [-0.1, -0.05) is 6.92 Å². The van der Waals surface area contributed by atoms with Crippen molar-refractivity contribution >= 4 is 5.91 Å². The summed E-state index contributed by atoms with van der Waals surface area (Å²) in [7, 11) is 3.91. The van der Waals surface area contributed by atoms with Gasteiger partial charge in [0.25, 0.3) is 0 Å². The van der Waals surface area contributed by atoms with Gasteiger partial charge in [0.2, 0.25) is 5.91 Å². The molecule has 1 atom stereocenters. The van der Waals surface area contributed by atoms with Crippen molar-refractivity contribution in [2.24, 2.45) is 0 Å². The average molecular weight is 272 g/mol. The zero-order valence-corrected chi connectivity index (χ0v) is 12.5. The molecule has 1 amide bonds. The van der Waals surface area contributed by atoms with Crippen molar-refractivity contribution in [2.45, 2.75) is 44.8 Å². The van der Waals surface area contributed by atoms with Crippen LogP contribution in [0.15, 0.2) is 0 Å². The first-order chi connectivity index (χ1) is 9.10. The molecular weight excluding hydrogens is 244 g/mol. The van der Waals surface area contributed by atoms with E-state index in [1.54, 1.807) is 0 Å². The first-order valence-electron chi connectivity index (χ1n) is 7.27. The van der Waals surface area contributed by atoms with Crippen molar-refractivity contribution in [1.29, 1.82) is 0 Å². The van der Waals surface area contributed by atoms with Gasteiger partial charge in [-0.2, -0.15) is 0 Å². The molecule has 0 bridgehead atoms. The topological polar surface area (TPSA) is 53.0 Å². The van der Waals surface area contributed by atoms with Gasteiger partial charge in [0.05, 0.1) is 12.1 Å². The molecule has 1 fully saturated rings. The van der Waals surface area contributed by atoms with Crippen LogP contribution in [0.1, 0.15) is 32.6 Å². The summed E-state index contributed by atoms with van der Waals surface area (Å²) in [5, 5.41) is 8.71. The third-order valence-corrected chi connectivity index (χ3v) is 3.70. The van der Waals surface area contributed by atoms with Gasteiger partial charge < -0.3 is 14.7 Å². The minimum Gasteiger partial charge on any atom is -0.396 e. The van der Waals surface area contributed by atoms with Crippen molar-refractivity contribution < 1.29 is 14.6 Å². The largest absolute Gasteiger partial charge is 0.396 e. The van der Waals surface area contributed by atoms with Crippen LogP contribution in [0, 0.1) is 0 Å². The fourth-order valence-electron chi connectivity index (χ4n) is 2.53. The highest BCUT2D eigenvalue weighted by Gasteiger charge is 2.28.